The number of benzene rings is 2. The van der Waals surface area contributed by atoms with Crippen LogP contribution in [0.3, 0.4) is 0 Å². The molecule has 0 atom stereocenters. The molecule has 3 rings (SSSR count). The van der Waals surface area contributed by atoms with E-state index < -0.39 is 0 Å². The van der Waals surface area contributed by atoms with Crippen LogP contribution in [-0.4, -0.2) is 10.5 Å². The van der Waals surface area contributed by atoms with E-state index in [2.05, 4.69) is 61.1 Å². The van der Waals surface area contributed by atoms with E-state index in [1.807, 2.05) is 36.4 Å². The normalized spacial score (nSPS) is 10.9. The molecule has 0 fully saturated rings. The van der Waals surface area contributed by atoms with E-state index in [9.17, 15) is 4.79 Å². The zero-order valence-corrected chi connectivity index (χ0v) is 15.7. The lowest BCUT2D eigenvalue weighted by molar-refractivity contribution is -0.121. The van der Waals surface area contributed by atoms with Crippen LogP contribution in [0.25, 0.3) is 0 Å². The van der Waals surface area contributed by atoms with Crippen molar-refractivity contribution in [2.75, 3.05) is 0 Å². The Hall–Kier alpha value is -2.81. The molecule has 1 aromatic heterocycles. The first kappa shape index (κ1) is 18.0. The molecule has 0 aliphatic rings. The van der Waals surface area contributed by atoms with E-state index in [0.717, 1.165) is 0 Å². The maximum absolute atomic E-state index is 12.7. The zero-order valence-electron chi connectivity index (χ0n) is 15.7. The van der Waals surface area contributed by atoms with Gasteiger partial charge in [0.15, 0.2) is 0 Å². The number of aryl methyl sites for hydroxylation is 1. The summed E-state index contributed by atoms with van der Waals surface area (Å²) in [5.41, 5.74) is 5.92. The topological polar surface area (TPSA) is 34.0 Å². The number of carbonyl (C=O) groups is 1. The Balaban J connectivity index is 1.72. The highest BCUT2D eigenvalue weighted by atomic mass is 16.1. The van der Waals surface area contributed by atoms with Crippen LogP contribution in [0.5, 0.6) is 0 Å². The van der Waals surface area contributed by atoms with Gasteiger partial charge in [-0.25, -0.2) is 0 Å². The molecule has 26 heavy (non-hydrogen) atoms. The van der Waals surface area contributed by atoms with E-state index in [1.54, 1.807) is 0 Å². The zero-order chi connectivity index (χ0) is 18.5. The molecule has 0 spiro atoms. The summed E-state index contributed by atoms with van der Waals surface area (Å²) in [4.78, 5) is 12.7. The molecule has 0 aliphatic heterocycles. The van der Waals surface area contributed by atoms with Crippen molar-refractivity contribution >= 4 is 5.91 Å². The summed E-state index contributed by atoms with van der Waals surface area (Å²) in [7, 11) is 2.05. The minimum atomic E-state index is 0.0657. The van der Waals surface area contributed by atoms with Crippen molar-refractivity contribution in [2.45, 2.75) is 32.7 Å². The quantitative estimate of drug-likeness (QED) is 0.701. The molecule has 0 radical (unpaired) electrons. The Labute approximate surface area is 155 Å². The molecule has 1 heterocycles. The first-order valence-corrected chi connectivity index (χ1v) is 9.04. The molecule has 0 bridgehead atoms. The number of carbonyl (C=O) groups excluding carboxylic acids is 1. The summed E-state index contributed by atoms with van der Waals surface area (Å²) in [6.07, 6.45) is 0.443. The summed E-state index contributed by atoms with van der Waals surface area (Å²) in [6, 6.07) is 22.6. The lowest BCUT2D eigenvalue weighted by Crippen LogP contribution is -2.25. The fourth-order valence-corrected chi connectivity index (χ4v) is 3.36. The van der Waals surface area contributed by atoms with Gasteiger partial charge in [0.1, 0.15) is 0 Å². The second-order valence-electron chi connectivity index (χ2n) is 6.81. The SMILES string of the molecule is Cc1cc(CNC(=O)CC(c2ccccc2)c2ccccc2)c(C)n1C. The molecule has 0 saturated heterocycles. The molecular weight excluding hydrogens is 320 g/mol. The molecule has 0 aliphatic carbocycles. The van der Waals surface area contributed by atoms with E-state index in [1.165, 1.54) is 28.1 Å². The summed E-state index contributed by atoms with van der Waals surface area (Å²) in [5.74, 6) is 0.139. The lowest BCUT2D eigenvalue weighted by atomic mass is 9.88. The first-order chi connectivity index (χ1) is 12.6. The standard InChI is InChI=1S/C23H26N2O/c1-17-14-21(18(2)25(17)3)16-24-23(26)15-22(19-10-6-4-7-11-19)20-12-8-5-9-13-20/h4-14,22H,15-16H2,1-3H3,(H,24,26). The summed E-state index contributed by atoms with van der Waals surface area (Å²) >= 11 is 0. The number of nitrogens with zero attached hydrogens (tertiary/aromatic N) is 1. The average Bonchev–Trinajstić information content (AvgIpc) is 2.92. The lowest BCUT2D eigenvalue weighted by Gasteiger charge is -2.18. The maximum atomic E-state index is 12.7. The molecule has 3 nitrogen and oxygen atoms in total. The van der Waals surface area contributed by atoms with Crippen LogP contribution < -0.4 is 5.32 Å². The van der Waals surface area contributed by atoms with E-state index in [4.69, 9.17) is 0 Å². The van der Waals surface area contributed by atoms with Gasteiger partial charge in [-0.2, -0.15) is 0 Å². The van der Waals surface area contributed by atoms with Gasteiger partial charge < -0.3 is 9.88 Å². The van der Waals surface area contributed by atoms with Crippen LogP contribution >= 0.6 is 0 Å². The largest absolute Gasteiger partial charge is 0.352 e. The number of hydrogen-bond donors (Lipinski definition) is 1. The minimum absolute atomic E-state index is 0.0657. The molecular formula is C23H26N2O. The number of aromatic nitrogens is 1. The van der Waals surface area contributed by atoms with Gasteiger partial charge in [-0.3, -0.25) is 4.79 Å². The van der Waals surface area contributed by atoms with Crippen molar-refractivity contribution in [1.82, 2.24) is 9.88 Å². The van der Waals surface area contributed by atoms with E-state index in [0.29, 0.717) is 13.0 Å². The highest BCUT2D eigenvalue weighted by Crippen LogP contribution is 2.27. The second-order valence-corrected chi connectivity index (χ2v) is 6.81. The summed E-state index contributed by atoms with van der Waals surface area (Å²) < 4.78 is 2.15. The molecule has 1 N–H and O–H groups in total. The third kappa shape index (κ3) is 4.05. The van der Waals surface area contributed by atoms with Gasteiger partial charge in [0.2, 0.25) is 5.91 Å². The number of amides is 1. The Morgan fingerprint density at radius 2 is 1.50 bits per heavy atom. The highest BCUT2D eigenvalue weighted by molar-refractivity contribution is 5.77. The molecule has 0 unspecified atom stereocenters. The van der Waals surface area contributed by atoms with Crippen LogP contribution in [0.15, 0.2) is 66.7 Å². The van der Waals surface area contributed by atoms with Crippen molar-refractivity contribution in [3.8, 4) is 0 Å². The minimum Gasteiger partial charge on any atom is -0.352 e. The van der Waals surface area contributed by atoms with Crippen LogP contribution in [0.4, 0.5) is 0 Å². The smallest absolute Gasteiger partial charge is 0.221 e. The monoisotopic (exact) mass is 346 g/mol. The van der Waals surface area contributed by atoms with Crippen molar-refractivity contribution in [1.29, 1.82) is 0 Å². The Morgan fingerprint density at radius 1 is 0.962 bits per heavy atom. The average molecular weight is 346 g/mol. The van der Waals surface area contributed by atoms with E-state index >= 15 is 0 Å². The highest BCUT2D eigenvalue weighted by Gasteiger charge is 2.18. The molecule has 134 valence electrons. The fourth-order valence-electron chi connectivity index (χ4n) is 3.36. The predicted molar refractivity (Wildman–Crippen MR) is 106 cm³/mol. The second kappa shape index (κ2) is 8.05. The van der Waals surface area contributed by atoms with Gasteiger partial charge in [0.25, 0.3) is 0 Å². The third-order valence-electron chi connectivity index (χ3n) is 5.15. The van der Waals surface area contributed by atoms with Crippen molar-refractivity contribution < 1.29 is 4.79 Å². The van der Waals surface area contributed by atoms with Gasteiger partial charge >= 0.3 is 0 Å². The molecule has 3 heteroatoms. The summed E-state index contributed by atoms with van der Waals surface area (Å²) in [6.45, 7) is 4.74. The van der Waals surface area contributed by atoms with Gasteiger partial charge in [-0.1, -0.05) is 60.7 Å². The van der Waals surface area contributed by atoms with Crippen LogP contribution in [0, 0.1) is 13.8 Å². The van der Waals surface area contributed by atoms with Crippen molar-refractivity contribution in [3.63, 3.8) is 0 Å². The van der Waals surface area contributed by atoms with E-state index in [-0.39, 0.29) is 11.8 Å². The van der Waals surface area contributed by atoms with Crippen molar-refractivity contribution in [2.24, 2.45) is 7.05 Å². The first-order valence-electron chi connectivity index (χ1n) is 9.04. The third-order valence-corrected chi connectivity index (χ3v) is 5.15. The molecule has 3 aromatic rings. The molecule has 2 aromatic carbocycles. The Kier molecular flexibility index (Phi) is 5.57. The summed E-state index contributed by atoms with van der Waals surface area (Å²) in [5, 5.41) is 3.10. The van der Waals surface area contributed by atoms with Crippen LogP contribution in [0.1, 0.15) is 40.4 Å². The van der Waals surface area contributed by atoms with Gasteiger partial charge in [-0.05, 0) is 36.6 Å². The molecule has 1 amide bonds. The Bertz CT molecular complexity index is 826. The maximum Gasteiger partial charge on any atom is 0.221 e. The van der Waals surface area contributed by atoms with Crippen molar-refractivity contribution in [3.05, 3.63) is 94.8 Å². The fraction of sp³-hybridized carbons (Fsp3) is 0.261. The number of hydrogen-bond acceptors (Lipinski definition) is 1. The Morgan fingerprint density at radius 3 is 1.96 bits per heavy atom. The molecule has 0 saturated carbocycles. The number of nitrogens with one attached hydrogen (secondary N) is 1. The van der Waals surface area contributed by atoms with Gasteiger partial charge in [-0.15, -0.1) is 0 Å². The van der Waals surface area contributed by atoms with Gasteiger partial charge in [0.05, 0.1) is 0 Å². The van der Waals surface area contributed by atoms with Crippen LogP contribution in [0.2, 0.25) is 0 Å². The van der Waals surface area contributed by atoms with Gasteiger partial charge in [0, 0.05) is 37.3 Å². The predicted octanol–water partition coefficient (Wildman–Crippen LogP) is 4.48. The number of rotatable bonds is 6. The van der Waals surface area contributed by atoms with Crippen LogP contribution in [-0.2, 0) is 18.4 Å².